The molecular weight excluding hydrogens is 359 g/mol. The van der Waals surface area contributed by atoms with Crippen molar-refractivity contribution in [1.82, 2.24) is 9.78 Å². The van der Waals surface area contributed by atoms with Crippen LogP contribution in [0.3, 0.4) is 0 Å². The van der Waals surface area contributed by atoms with Crippen molar-refractivity contribution >= 4 is 17.8 Å². The predicted molar refractivity (Wildman–Crippen MR) is 104 cm³/mol. The van der Waals surface area contributed by atoms with Crippen LogP contribution in [0.25, 0.3) is 11.8 Å². The first kappa shape index (κ1) is 19.2. The molecule has 142 valence electrons. The molecule has 0 radical (unpaired) electrons. The second-order valence-corrected chi connectivity index (χ2v) is 6.20. The van der Waals surface area contributed by atoms with Crippen LogP contribution in [0, 0.1) is 19.7 Å². The molecular formula is C22H19FN2O3. The van der Waals surface area contributed by atoms with Gasteiger partial charge >= 0.3 is 5.97 Å². The van der Waals surface area contributed by atoms with E-state index in [1.165, 1.54) is 18.2 Å². The molecule has 1 aromatic heterocycles. The quantitative estimate of drug-likeness (QED) is 0.369. The fraction of sp³-hybridized carbons (Fsp3) is 0.136. The third-order valence-electron chi connectivity index (χ3n) is 4.25. The summed E-state index contributed by atoms with van der Waals surface area (Å²) in [7, 11) is 0. The van der Waals surface area contributed by atoms with Crippen LogP contribution in [-0.4, -0.2) is 28.1 Å². The van der Waals surface area contributed by atoms with Gasteiger partial charge in [-0.15, -0.1) is 0 Å². The first-order valence-electron chi connectivity index (χ1n) is 8.71. The van der Waals surface area contributed by atoms with Crippen molar-refractivity contribution in [2.45, 2.75) is 13.8 Å². The van der Waals surface area contributed by atoms with Gasteiger partial charge in [-0.25, -0.2) is 13.9 Å². The number of rotatable bonds is 6. The van der Waals surface area contributed by atoms with E-state index in [4.69, 9.17) is 4.74 Å². The number of benzene rings is 2. The van der Waals surface area contributed by atoms with Crippen LogP contribution in [0.2, 0.25) is 0 Å². The highest BCUT2D eigenvalue weighted by molar-refractivity contribution is 5.98. The van der Waals surface area contributed by atoms with Gasteiger partial charge in [0.05, 0.1) is 11.4 Å². The standard InChI is InChI=1S/C22H19FN2O3/c1-15-20(16(2)25(24-15)19-10-8-18(23)9-11-19)12-13-22(27)28-14-21(26)17-6-4-3-5-7-17/h3-13H,14H2,1-2H3/b13-12+. The lowest BCUT2D eigenvalue weighted by molar-refractivity contribution is -0.136. The zero-order chi connectivity index (χ0) is 20.1. The lowest BCUT2D eigenvalue weighted by atomic mass is 10.1. The summed E-state index contributed by atoms with van der Waals surface area (Å²) in [6.07, 6.45) is 2.87. The Morgan fingerprint density at radius 2 is 1.75 bits per heavy atom. The molecule has 0 saturated carbocycles. The summed E-state index contributed by atoms with van der Waals surface area (Å²) < 4.78 is 19.8. The molecule has 1 heterocycles. The summed E-state index contributed by atoms with van der Waals surface area (Å²) in [5, 5.41) is 4.44. The first-order chi connectivity index (χ1) is 13.5. The van der Waals surface area contributed by atoms with Gasteiger partial charge in [0, 0.05) is 22.9 Å². The van der Waals surface area contributed by atoms with Crippen molar-refractivity contribution in [3.8, 4) is 5.69 Å². The van der Waals surface area contributed by atoms with Crippen LogP contribution in [0.1, 0.15) is 27.3 Å². The number of aromatic nitrogens is 2. The molecule has 3 aromatic rings. The number of hydrogen-bond acceptors (Lipinski definition) is 4. The minimum atomic E-state index is -0.613. The number of carbonyl (C=O) groups excluding carboxylic acids is 2. The first-order valence-corrected chi connectivity index (χ1v) is 8.71. The number of ether oxygens (including phenoxy) is 1. The van der Waals surface area contributed by atoms with E-state index >= 15 is 0 Å². The van der Waals surface area contributed by atoms with Crippen LogP contribution in [0.5, 0.6) is 0 Å². The summed E-state index contributed by atoms with van der Waals surface area (Å²) >= 11 is 0. The maximum absolute atomic E-state index is 13.1. The van der Waals surface area contributed by atoms with Crippen LogP contribution in [0.15, 0.2) is 60.7 Å². The zero-order valence-corrected chi connectivity index (χ0v) is 15.6. The summed E-state index contributed by atoms with van der Waals surface area (Å²) in [4.78, 5) is 23.9. The van der Waals surface area contributed by atoms with E-state index in [-0.39, 0.29) is 18.2 Å². The Hall–Kier alpha value is -3.54. The molecule has 0 amide bonds. The molecule has 0 aliphatic rings. The molecule has 0 saturated heterocycles. The highest BCUT2D eigenvalue weighted by Crippen LogP contribution is 2.19. The molecule has 0 N–H and O–H groups in total. The average molecular weight is 378 g/mol. The van der Waals surface area contributed by atoms with Crippen molar-refractivity contribution in [3.05, 3.63) is 89.0 Å². The summed E-state index contributed by atoms with van der Waals surface area (Å²) in [6, 6.07) is 14.6. The van der Waals surface area contributed by atoms with Gasteiger partial charge in [-0.3, -0.25) is 4.79 Å². The lowest BCUT2D eigenvalue weighted by Crippen LogP contribution is -2.12. The third-order valence-corrected chi connectivity index (χ3v) is 4.25. The predicted octanol–water partition coefficient (Wildman–Crippen LogP) is 4.07. The highest BCUT2D eigenvalue weighted by Gasteiger charge is 2.12. The maximum atomic E-state index is 13.1. The number of nitrogens with zero attached hydrogens (tertiary/aromatic N) is 2. The fourth-order valence-electron chi connectivity index (χ4n) is 2.77. The van der Waals surface area contributed by atoms with E-state index in [0.717, 1.165) is 16.9 Å². The van der Waals surface area contributed by atoms with Gasteiger partial charge in [0.1, 0.15) is 5.82 Å². The molecule has 28 heavy (non-hydrogen) atoms. The van der Waals surface area contributed by atoms with Gasteiger partial charge in [-0.1, -0.05) is 30.3 Å². The van der Waals surface area contributed by atoms with Crippen molar-refractivity contribution in [2.75, 3.05) is 6.61 Å². The van der Waals surface area contributed by atoms with Crippen LogP contribution < -0.4 is 0 Å². The third kappa shape index (κ3) is 4.40. The Balaban J connectivity index is 1.67. The van der Waals surface area contributed by atoms with E-state index in [1.807, 2.05) is 19.9 Å². The summed E-state index contributed by atoms with van der Waals surface area (Å²) in [5.74, 6) is -1.20. The Kier molecular flexibility index (Phi) is 5.79. The van der Waals surface area contributed by atoms with Crippen LogP contribution in [-0.2, 0) is 9.53 Å². The van der Waals surface area contributed by atoms with Gasteiger partial charge in [-0.05, 0) is 44.2 Å². The second kappa shape index (κ2) is 8.43. The normalized spacial score (nSPS) is 11.0. The lowest BCUT2D eigenvalue weighted by Gasteiger charge is -2.04. The average Bonchev–Trinajstić information content (AvgIpc) is 2.99. The molecule has 0 aliphatic carbocycles. The molecule has 2 aromatic carbocycles. The highest BCUT2D eigenvalue weighted by atomic mass is 19.1. The minimum Gasteiger partial charge on any atom is -0.454 e. The monoisotopic (exact) mass is 378 g/mol. The van der Waals surface area contributed by atoms with Gasteiger partial charge in [0.2, 0.25) is 0 Å². The number of Topliss-reactive ketones (excluding diaryl/α,β-unsaturated/α-hetero) is 1. The molecule has 0 spiro atoms. The van der Waals surface area contributed by atoms with E-state index in [2.05, 4.69) is 5.10 Å². The molecule has 0 aliphatic heterocycles. The smallest absolute Gasteiger partial charge is 0.331 e. The van der Waals surface area contributed by atoms with Gasteiger partial charge < -0.3 is 4.74 Å². The molecule has 0 unspecified atom stereocenters. The molecule has 0 bridgehead atoms. The Bertz CT molecular complexity index is 1020. The van der Waals surface area contributed by atoms with E-state index < -0.39 is 5.97 Å². The summed E-state index contributed by atoms with van der Waals surface area (Å²) in [5.41, 5.74) is 3.49. The number of aryl methyl sites for hydroxylation is 1. The van der Waals surface area contributed by atoms with E-state index in [0.29, 0.717) is 11.3 Å². The zero-order valence-electron chi connectivity index (χ0n) is 15.6. The topological polar surface area (TPSA) is 61.2 Å². The molecule has 6 heteroatoms. The van der Waals surface area contributed by atoms with E-state index in [1.54, 1.807) is 47.2 Å². The number of halogens is 1. The van der Waals surface area contributed by atoms with Gasteiger partial charge in [-0.2, -0.15) is 5.10 Å². The molecule has 0 fully saturated rings. The maximum Gasteiger partial charge on any atom is 0.331 e. The fourth-order valence-corrected chi connectivity index (χ4v) is 2.77. The Labute approximate surface area is 162 Å². The Morgan fingerprint density at radius 1 is 1.07 bits per heavy atom. The van der Waals surface area contributed by atoms with Crippen LogP contribution in [0.4, 0.5) is 4.39 Å². The SMILES string of the molecule is Cc1nn(-c2ccc(F)cc2)c(C)c1/C=C/C(=O)OCC(=O)c1ccccc1. The largest absolute Gasteiger partial charge is 0.454 e. The number of carbonyl (C=O) groups is 2. The molecule has 5 nitrogen and oxygen atoms in total. The van der Waals surface area contributed by atoms with Crippen LogP contribution >= 0.6 is 0 Å². The van der Waals surface area contributed by atoms with Gasteiger partial charge in [0.15, 0.2) is 12.4 Å². The second-order valence-electron chi connectivity index (χ2n) is 6.20. The number of hydrogen-bond donors (Lipinski definition) is 0. The van der Waals surface area contributed by atoms with Crippen molar-refractivity contribution in [2.24, 2.45) is 0 Å². The molecule has 3 rings (SSSR count). The van der Waals surface area contributed by atoms with Crippen molar-refractivity contribution in [3.63, 3.8) is 0 Å². The number of ketones is 1. The van der Waals surface area contributed by atoms with E-state index in [9.17, 15) is 14.0 Å². The Morgan fingerprint density at radius 3 is 2.43 bits per heavy atom. The minimum absolute atomic E-state index is 0.265. The molecule has 0 atom stereocenters. The number of esters is 1. The summed E-state index contributed by atoms with van der Waals surface area (Å²) in [6.45, 7) is 3.35. The van der Waals surface area contributed by atoms with Crippen molar-refractivity contribution in [1.29, 1.82) is 0 Å². The van der Waals surface area contributed by atoms with Gasteiger partial charge in [0.25, 0.3) is 0 Å². The van der Waals surface area contributed by atoms with Crippen molar-refractivity contribution < 1.29 is 18.7 Å².